The van der Waals surface area contributed by atoms with Gasteiger partial charge < -0.3 is 28.6 Å². The van der Waals surface area contributed by atoms with Crippen LogP contribution in [0.5, 0.6) is 23.0 Å². The van der Waals surface area contributed by atoms with E-state index in [1.54, 1.807) is 0 Å². The number of aromatic nitrogens is 1. The van der Waals surface area contributed by atoms with Crippen molar-refractivity contribution in [2.24, 2.45) is 0 Å². The molecule has 1 aliphatic carbocycles. The van der Waals surface area contributed by atoms with Gasteiger partial charge in [-0.25, -0.2) is 0 Å². The van der Waals surface area contributed by atoms with Crippen molar-refractivity contribution in [2.75, 3.05) is 33.0 Å². The Morgan fingerprint density at radius 2 is 0.683 bits per heavy atom. The summed E-state index contributed by atoms with van der Waals surface area (Å²) in [6.07, 6.45) is 81.1. The molecule has 1 N–H and O–H groups in total. The highest BCUT2D eigenvalue weighted by Gasteiger charge is 2.36. The summed E-state index contributed by atoms with van der Waals surface area (Å²) in [6, 6.07) is 13.2. The first-order valence-corrected chi connectivity index (χ1v) is 44.6. The first kappa shape index (κ1) is 87.7. The van der Waals surface area contributed by atoms with Gasteiger partial charge in [0.15, 0.2) is 0 Å². The molecule has 0 saturated carbocycles. The van der Waals surface area contributed by atoms with Gasteiger partial charge in [-0.15, -0.1) is 0 Å². The molecule has 3 aromatic rings. The molecule has 9 heteroatoms. The number of ether oxygens (including phenoxy) is 4. The van der Waals surface area contributed by atoms with Gasteiger partial charge >= 0.3 is 0 Å². The van der Waals surface area contributed by atoms with E-state index in [2.05, 4.69) is 155 Å². The zero-order chi connectivity index (χ0) is 71.8. The number of benzene rings is 2. The van der Waals surface area contributed by atoms with Gasteiger partial charge in [0.2, 0.25) is 11.4 Å². The van der Waals surface area contributed by atoms with E-state index >= 15 is 0 Å². The summed E-state index contributed by atoms with van der Waals surface area (Å²) in [5.74, 6) is 3.94. The molecule has 1 aromatic heterocycles. The molecule has 7 nitrogen and oxygen atoms in total. The molecular formula is C92H149Br2N2O5+. The van der Waals surface area contributed by atoms with Crippen LogP contribution in [0.25, 0.3) is 23.8 Å². The van der Waals surface area contributed by atoms with Crippen LogP contribution >= 0.6 is 31.9 Å². The Morgan fingerprint density at radius 3 is 1.05 bits per heavy atom. The van der Waals surface area contributed by atoms with Gasteiger partial charge in [0, 0.05) is 65.7 Å². The molecule has 5 rings (SSSR count). The molecule has 0 saturated heterocycles. The molecule has 0 fully saturated rings. The molecule has 0 unspecified atom stereocenters. The second-order valence-corrected chi connectivity index (χ2v) is 31.7. The van der Waals surface area contributed by atoms with E-state index in [1.165, 1.54) is 295 Å². The molecule has 0 bridgehead atoms. The van der Waals surface area contributed by atoms with Crippen LogP contribution in [0.15, 0.2) is 80.6 Å². The third-order valence-corrected chi connectivity index (χ3v) is 22.3. The van der Waals surface area contributed by atoms with Gasteiger partial charge in [-0.05, 0) is 125 Å². The summed E-state index contributed by atoms with van der Waals surface area (Å²) in [6.45, 7) is 18.3. The molecule has 1 aliphatic heterocycles. The summed E-state index contributed by atoms with van der Waals surface area (Å²) in [7, 11) is 0. The van der Waals surface area contributed by atoms with E-state index < -0.39 is 0 Å². The molecule has 570 valence electrons. The Kier molecular flexibility index (Phi) is 50.6. The summed E-state index contributed by atoms with van der Waals surface area (Å²) in [5, 5.41) is 12.7. The van der Waals surface area contributed by atoms with Crippen LogP contribution in [0.2, 0.25) is 0 Å². The smallest absolute Gasteiger partial charge is 0.213 e. The van der Waals surface area contributed by atoms with Crippen molar-refractivity contribution in [1.29, 1.82) is 0 Å². The Hall–Kier alpha value is -3.95. The molecule has 2 heterocycles. The zero-order valence-corrected chi connectivity index (χ0v) is 69.1. The number of allylic oxidation sites excluding steroid dienone is 5. The molecular weight excluding hydrogens is 1370 g/mol. The SMILES string of the molecule is CCCCCCCCCCCCCCCCn1c(/C=C/c2cc(OCCCCCCCC)c(Br)cc2OCCCCCCCC)ccc1C1=C(O)/C(=C2\C=CC(/C=C/c3cc(OCCCCCCCC)c(Br)cc3OCCCCCCCC)=[N+]2CCCCCCCCCCCCCCCC)C1. The summed E-state index contributed by atoms with van der Waals surface area (Å²) in [4.78, 5) is 0. The van der Waals surface area contributed by atoms with E-state index in [0.717, 1.165) is 129 Å². The molecule has 0 radical (unpaired) electrons. The van der Waals surface area contributed by atoms with E-state index in [0.29, 0.717) is 38.6 Å². The zero-order valence-electron chi connectivity index (χ0n) is 65.9. The van der Waals surface area contributed by atoms with Crippen molar-refractivity contribution >= 4 is 61.4 Å². The lowest BCUT2D eigenvalue weighted by atomic mass is 9.86. The third kappa shape index (κ3) is 36.7. The topological polar surface area (TPSA) is 65.1 Å². The Bertz CT molecular complexity index is 2820. The molecule has 2 aromatic carbocycles. The fourth-order valence-electron chi connectivity index (χ4n) is 14.5. The van der Waals surface area contributed by atoms with E-state index in [1.807, 2.05) is 0 Å². The standard InChI is InChI=1S/C92H148Br2N2O5/c1-7-13-19-25-31-33-35-37-39-41-43-45-47-53-67-95-80(61-59-78-73-90(100-71-57-51-29-23-17-11-5)84(93)76-88(78)98-69-55-49-27-21-15-9-3)63-65-86(95)82-75-83(92(82)97)87-66-64-81(96(87)68-54-48-46-44-42-40-38-36-34-32-26-20-14-8-2)62-60-79-74-91(101-72-58-52-30-24-18-12-6)85(94)77-89(79)99-70-56-50-28-22-16-10-4/h59-66,73-74,76-77H,7-58,67-72,75H2,1-6H3/p+1/b61-59+,62-60+. The number of aliphatic hydroxyl groups excluding tert-OH is 1. The molecule has 0 atom stereocenters. The number of hydrogen-bond acceptors (Lipinski definition) is 5. The van der Waals surface area contributed by atoms with Crippen LogP contribution in [-0.4, -0.2) is 52.9 Å². The number of halogens is 2. The predicted octanol–water partition coefficient (Wildman–Crippen LogP) is 30.8. The average Bonchev–Trinajstić information content (AvgIpc) is 1.68. The maximum absolute atomic E-state index is 12.7. The maximum atomic E-state index is 12.7. The molecule has 2 aliphatic rings. The minimum absolute atomic E-state index is 0.438. The van der Waals surface area contributed by atoms with Crippen LogP contribution in [0, 0.1) is 0 Å². The first-order valence-electron chi connectivity index (χ1n) is 43.0. The van der Waals surface area contributed by atoms with Gasteiger partial charge in [0.05, 0.1) is 40.9 Å². The van der Waals surface area contributed by atoms with Gasteiger partial charge in [0.1, 0.15) is 35.3 Å². The van der Waals surface area contributed by atoms with Crippen molar-refractivity contribution in [3.63, 3.8) is 0 Å². The van der Waals surface area contributed by atoms with Crippen molar-refractivity contribution in [1.82, 2.24) is 4.57 Å². The summed E-state index contributed by atoms with van der Waals surface area (Å²) in [5.41, 5.74) is 8.69. The highest BCUT2D eigenvalue weighted by molar-refractivity contribution is 9.11. The number of unbranched alkanes of at least 4 members (excludes halogenated alkanes) is 46. The first-order chi connectivity index (χ1) is 49.8. The lowest BCUT2D eigenvalue weighted by Crippen LogP contribution is -2.21. The number of hydrogen-bond donors (Lipinski definition) is 1. The van der Waals surface area contributed by atoms with Gasteiger partial charge in [-0.1, -0.05) is 330 Å². The van der Waals surface area contributed by atoms with Crippen LogP contribution in [0.3, 0.4) is 0 Å². The molecule has 0 amide bonds. The van der Waals surface area contributed by atoms with Crippen LogP contribution in [0.1, 0.15) is 404 Å². The minimum atomic E-state index is 0.438. The number of rotatable bonds is 67. The molecule has 0 spiro atoms. The average molecular weight is 1520 g/mol. The third-order valence-electron chi connectivity index (χ3n) is 21.1. The quantitative estimate of drug-likeness (QED) is 0.0451. The number of nitrogens with zero attached hydrogens (tertiary/aromatic N) is 2. The van der Waals surface area contributed by atoms with Gasteiger partial charge in [0.25, 0.3) is 0 Å². The van der Waals surface area contributed by atoms with Crippen LogP contribution < -0.4 is 18.9 Å². The van der Waals surface area contributed by atoms with Gasteiger partial charge in [-0.2, -0.15) is 4.58 Å². The lowest BCUT2D eigenvalue weighted by Gasteiger charge is -2.25. The van der Waals surface area contributed by atoms with Crippen LogP contribution in [-0.2, 0) is 6.54 Å². The van der Waals surface area contributed by atoms with E-state index in [4.69, 9.17) is 18.9 Å². The number of aliphatic hydroxyl groups is 1. The van der Waals surface area contributed by atoms with E-state index in [-0.39, 0.29) is 0 Å². The largest absolute Gasteiger partial charge is 0.507 e. The minimum Gasteiger partial charge on any atom is -0.507 e. The maximum Gasteiger partial charge on any atom is 0.213 e. The van der Waals surface area contributed by atoms with E-state index in [9.17, 15) is 5.11 Å². The van der Waals surface area contributed by atoms with Crippen molar-refractivity contribution in [3.05, 3.63) is 103 Å². The van der Waals surface area contributed by atoms with Crippen molar-refractivity contribution < 1.29 is 28.6 Å². The highest BCUT2D eigenvalue weighted by atomic mass is 79.9. The Balaban J connectivity index is 1.45. The van der Waals surface area contributed by atoms with Gasteiger partial charge in [-0.3, -0.25) is 0 Å². The fourth-order valence-corrected chi connectivity index (χ4v) is 15.4. The fraction of sp³-hybridized carbons (Fsp3) is 0.707. The monoisotopic (exact) mass is 1520 g/mol. The summed E-state index contributed by atoms with van der Waals surface area (Å²) < 4.78 is 33.3. The van der Waals surface area contributed by atoms with Crippen LogP contribution in [0.4, 0.5) is 0 Å². The summed E-state index contributed by atoms with van der Waals surface area (Å²) >= 11 is 7.80. The Labute approximate surface area is 637 Å². The second kappa shape index (κ2) is 58.3. The lowest BCUT2D eigenvalue weighted by molar-refractivity contribution is -0.469. The predicted molar refractivity (Wildman–Crippen MR) is 447 cm³/mol. The van der Waals surface area contributed by atoms with Crippen molar-refractivity contribution in [2.45, 2.75) is 388 Å². The van der Waals surface area contributed by atoms with Crippen molar-refractivity contribution in [3.8, 4) is 23.0 Å². The normalized spacial score (nSPS) is 13.9. The second-order valence-electron chi connectivity index (χ2n) is 30.0. The highest BCUT2D eigenvalue weighted by Crippen LogP contribution is 2.44. The molecule has 101 heavy (non-hydrogen) atoms. The Morgan fingerprint density at radius 1 is 0.356 bits per heavy atom.